The van der Waals surface area contributed by atoms with Crippen LogP contribution >= 0.6 is 0 Å². The van der Waals surface area contributed by atoms with Crippen LogP contribution in [0, 0.1) is 11.3 Å². The van der Waals surface area contributed by atoms with E-state index in [0.717, 1.165) is 36.7 Å². The van der Waals surface area contributed by atoms with Crippen molar-refractivity contribution < 1.29 is 96.8 Å². The lowest BCUT2D eigenvalue weighted by Crippen LogP contribution is -2.62. The number of H-pyrrole nitrogens is 2. The summed E-state index contributed by atoms with van der Waals surface area (Å²) in [5, 5.41) is 70.4. The average Bonchev–Trinajstić information content (AvgIpc) is 1.60. The van der Waals surface area contributed by atoms with Crippen LogP contribution in [0.15, 0.2) is 97.3 Å². The molecule has 5 aromatic rings. The van der Waals surface area contributed by atoms with Crippen molar-refractivity contribution in [1.82, 2.24) is 93.0 Å². The first-order valence-electron chi connectivity index (χ1n) is 44.4. The molecule has 5 heterocycles. The number of benzene rings is 3. The molecule has 0 aliphatic carbocycles. The van der Waals surface area contributed by atoms with Crippen LogP contribution in [-0.2, 0) is 101 Å². The van der Waals surface area contributed by atoms with Gasteiger partial charge in [-0.2, -0.15) is 0 Å². The highest BCUT2D eigenvalue weighted by atomic mass is 16.3. The van der Waals surface area contributed by atoms with E-state index in [1.807, 2.05) is 13.8 Å². The van der Waals surface area contributed by atoms with Crippen LogP contribution < -0.4 is 81.4 Å². The molecule has 3 unspecified atom stereocenters. The predicted octanol–water partition coefficient (Wildman–Crippen LogP) is -3.72. The number of hydrogen-bond donors (Lipinski definition) is 21. The molecular weight excluding hydrogens is 1710 g/mol. The number of likely N-dealkylation sites (N-methyl/N-ethyl adjacent to an activating group) is 3. The van der Waals surface area contributed by atoms with Gasteiger partial charge in [-0.1, -0.05) is 108 Å². The highest BCUT2D eigenvalue weighted by Gasteiger charge is 2.47. The molecule has 0 spiro atoms. The number of aliphatic hydroxyl groups excluding tert-OH is 2. The SMILES string of the molecule is CCCC[C@H]1C(=O)N(C)[C@@H](CCCC)C(=O)NC(CCCNC(=N)N)C(=O)N[C@H](C(=O)NCC(N)=O)C/C=C/C(=O)N[C@@H](Cc2ccc(O)cc2)C(=O)N(C)[C@@H](C)C(=O)N[C@@H](CC(N)=O)C(=O)N2CCCC2C(=O)N[C@@H](CN)C(=O)N[C@@H](CC(C)C)C(=O)N2C[C@H](O)CC2C(=O)N[C@@H](Cc2c[nH]c3ccccc23)C(=O)N[C@@H](CO)C(=O)N[C@@H](Cc2c[nH]c3ccccc23)C(=O)N1C. The first-order chi connectivity index (χ1) is 62.8. The number of aromatic hydroxyl groups is 1. The molecule has 0 radical (unpaired) electrons. The number of aliphatic hydroxyl groups is 2. The first kappa shape index (κ1) is 104. The summed E-state index contributed by atoms with van der Waals surface area (Å²) >= 11 is 0. The van der Waals surface area contributed by atoms with Crippen LogP contribution in [0.2, 0.25) is 0 Å². The number of fused-ring (bicyclic) bond motifs is 4. The number of phenols is 1. The minimum atomic E-state index is -1.89. The number of amides is 17. The quantitative estimate of drug-likeness (QED) is 0.0152. The normalized spacial score (nSPS) is 25.2. The molecule has 3 aromatic carbocycles. The third-order valence-corrected chi connectivity index (χ3v) is 23.7. The summed E-state index contributed by atoms with van der Waals surface area (Å²) in [5.74, 6) is -17.5. The second-order valence-corrected chi connectivity index (χ2v) is 34.0. The van der Waals surface area contributed by atoms with Gasteiger partial charge in [0.15, 0.2) is 5.96 Å². The van der Waals surface area contributed by atoms with Crippen molar-refractivity contribution in [2.75, 3.05) is 60.5 Å². The Bertz CT molecular complexity index is 5000. The lowest BCUT2D eigenvalue weighted by molar-refractivity contribution is -0.149. The van der Waals surface area contributed by atoms with Crippen LogP contribution in [0.1, 0.15) is 141 Å². The highest BCUT2D eigenvalue weighted by molar-refractivity contribution is 6.03. The number of carbonyl (C=O) groups is 17. The molecular formula is C89H127N23O20. The smallest absolute Gasteiger partial charge is 0.246 e. The molecule has 43 heteroatoms. The number of nitrogens with zero attached hydrogens (tertiary/aromatic N) is 5. The Morgan fingerprint density at radius 1 is 0.538 bits per heavy atom. The standard InChI is InChI=1S/C89H127N23O20/c1-9-11-26-68-81(125)101-60(25-18-34-95-89(93)94)77(121)100-59(76(120)98-45-73(92)117)24-17-29-74(118)99-63(37-50-30-32-53(114)33-31-50)84(128)108(6)49(5)75(119)103-65(41-72(91)116)86(130)111-35-19-28-69(111)82(126)106-66(42-90)79(123)104-62(36-48(3)4)87(131)112-46-54(115)40-71(112)83(127)102-61(38-51-43-96-57-22-15-13-20-55(51)57)78(122)107-67(47-113)80(124)105-64(39-52-44-97-58-23-16-14-21-56(52)58)85(129)110(8)70(27-12-10-2)88(132)109(68)7/h13-17,20-23,29-33,43-44,48-49,54,59-71,96-97,113-115H,9-12,18-19,24-28,34-42,45-47,90H2,1-8H3,(H2,91,116)(H2,92,117)(H,98,120)(H,99,118)(H,100,121)(H,101,125)(H,102,127)(H,103,119)(H,104,123)(H,105,124)(H,106,126)(H,107,122)(H4,93,94,95)/b29-17+/t49-,54+,59-,60?,61-,62-,63-,64-,65-,66-,67-,68-,69?,70-,71?/m0/s1. The fourth-order valence-corrected chi connectivity index (χ4v) is 16.3. The summed E-state index contributed by atoms with van der Waals surface area (Å²) in [6.07, 6.45) is 2.68. The molecule has 0 bridgehead atoms. The van der Waals surface area contributed by atoms with Crippen molar-refractivity contribution in [3.63, 3.8) is 0 Å². The van der Waals surface area contributed by atoms with Gasteiger partial charge < -0.3 is 131 Å². The third kappa shape index (κ3) is 28.7. The van der Waals surface area contributed by atoms with E-state index < -0.39 is 243 Å². The van der Waals surface area contributed by atoms with Crippen molar-refractivity contribution in [1.29, 1.82) is 5.41 Å². The fraction of sp³-hybridized carbons (Fsp3) is 0.528. The molecule has 3 aliphatic rings. The maximum absolute atomic E-state index is 15.7. The number of unbranched alkanes of at least 4 members (excludes halogenated alkanes) is 2. The van der Waals surface area contributed by atoms with Crippen LogP contribution in [0.4, 0.5) is 0 Å². The molecule has 718 valence electrons. The van der Waals surface area contributed by atoms with E-state index in [1.54, 1.807) is 74.8 Å². The zero-order valence-corrected chi connectivity index (χ0v) is 75.6. The topological polar surface area (TPSA) is 659 Å². The minimum Gasteiger partial charge on any atom is -0.508 e. The largest absolute Gasteiger partial charge is 0.508 e. The summed E-state index contributed by atoms with van der Waals surface area (Å²) in [4.78, 5) is 260. The molecule has 25 N–H and O–H groups in total. The van der Waals surface area contributed by atoms with Gasteiger partial charge in [-0.25, -0.2) is 0 Å². The van der Waals surface area contributed by atoms with Crippen LogP contribution in [0.3, 0.4) is 0 Å². The fourth-order valence-electron chi connectivity index (χ4n) is 16.3. The van der Waals surface area contributed by atoms with Gasteiger partial charge >= 0.3 is 0 Å². The first-order valence-corrected chi connectivity index (χ1v) is 44.4. The molecule has 8 rings (SSSR count). The van der Waals surface area contributed by atoms with E-state index in [4.69, 9.17) is 28.3 Å². The molecule has 2 aromatic heterocycles. The Morgan fingerprint density at radius 2 is 1.06 bits per heavy atom. The lowest BCUT2D eigenvalue weighted by Gasteiger charge is -2.36. The van der Waals surface area contributed by atoms with Crippen LogP contribution in [-0.4, -0.2) is 307 Å². The summed E-state index contributed by atoms with van der Waals surface area (Å²) in [6, 6.07) is -2.51. The Kier molecular flexibility index (Phi) is 38.9. The summed E-state index contributed by atoms with van der Waals surface area (Å²) < 4.78 is 0. The summed E-state index contributed by atoms with van der Waals surface area (Å²) in [5.41, 5.74) is 25.5. The lowest BCUT2D eigenvalue weighted by atomic mass is 10.00. The summed E-state index contributed by atoms with van der Waals surface area (Å²) in [6.45, 7) is 5.33. The monoisotopic (exact) mass is 1840 g/mol. The number of aromatic amines is 2. The second kappa shape index (κ2) is 49.4. The van der Waals surface area contributed by atoms with Crippen molar-refractivity contribution in [2.24, 2.45) is 28.9 Å². The van der Waals surface area contributed by atoms with Gasteiger partial charge in [0.25, 0.3) is 0 Å². The number of nitrogens with one attached hydrogen (secondary N) is 14. The van der Waals surface area contributed by atoms with Gasteiger partial charge in [-0.15, -0.1) is 0 Å². The van der Waals surface area contributed by atoms with E-state index in [0.29, 0.717) is 64.2 Å². The highest BCUT2D eigenvalue weighted by Crippen LogP contribution is 2.28. The van der Waals surface area contributed by atoms with Crippen molar-refractivity contribution in [3.8, 4) is 5.75 Å². The predicted molar refractivity (Wildman–Crippen MR) is 483 cm³/mol. The van der Waals surface area contributed by atoms with Gasteiger partial charge in [0, 0.05) is 107 Å². The number of phenolic OH excluding ortho intramolecular Hbond substituents is 1. The second-order valence-electron chi connectivity index (χ2n) is 34.0. The number of hydrogen-bond acceptors (Lipinski definition) is 22. The van der Waals surface area contributed by atoms with Crippen molar-refractivity contribution in [2.45, 2.75) is 234 Å². The van der Waals surface area contributed by atoms with E-state index in [-0.39, 0.29) is 89.0 Å². The van der Waals surface area contributed by atoms with Gasteiger partial charge in [0.2, 0.25) is 100 Å². The van der Waals surface area contributed by atoms with E-state index in [2.05, 4.69) is 68.5 Å². The van der Waals surface area contributed by atoms with Crippen LogP contribution in [0.25, 0.3) is 21.8 Å². The average molecular weight is 1840 g/mol. The van der Waals surface area contributed by atoms with Gasteiger partial charge in [-0.3, -0.25) is 86.9 Å². The maximum Gasteiger partial charge on any atom is 0.246 e. The zero-order valence-electron chi connectivity index (χ0n) is 75.6. The minimum absolute atomic E-state index is 0.0152. The Balaban J connectivity index is 1.20. The number of guanidine groups is 1. The number of nitrogens with two attached hydrogens (primary N) is 4. The van der Waals surface area contributed by atoms with Gasteiger partial charge in [0.05, 0.1) is 25.7 Å². The van der Waals surface area contributed by atoms with E-state index >= 15 is 33.6 Å². The van der Waals surface area contributed by atoms with Gasteiger partial charge in [-0.05, 0) is 111 Å². The van der Waals surface area contributed by atoms with E-state index in [1.165, 1.54) is 52.3 Å². The molecule has 2 saturated heterocycles. The number of primary amides is 2. The Morgan fingerprint density at radius 3 is 1.66 bits per heavy atom. The molecule has 43 nitrogen and oxygen atoms in total. The number of aromatic nitrogens is 2. The number of carbonyl (C=O) groups excluding carboxylic acids is 17. The molecule has 2 fully saturated rings. The molecule has 0 saturated carbocycles. The Labute approximate surface area is 763 Å². The van der Waals surface area contributed by atoms with Crippen LogP contribution in [0.5, 0.6) is 5.75 Å². The van der Waals surface area contributed by atoms with E-state index in [9.17, 15) is 63.3 Å². The molecule has 132 heavy (non-hydrogen) atoms. The molecule has 17 amide bonds. The van der Waals surface area contributed by atoms with Crippen molar-refractivity contribution in [3.05, 3.63) is 114 Å². The van der Waals surface area contributed by atoms with Gasteiger partial charge in [0.1, 0.15) is 90.3 Å². The number of para-hydroxylation sites is 2. The van der Waals surface area contributed by atoms with Crippen molar-refractivity contribution >= 4 is 128 Å². The third-order valence-electron chi connectivity index (χ3n) is 23.7. The summed E-state index contributed by atoms with van der Waals surface area (Å²) in [7, 11) is 3.87. The maximum atomic E-state index is 15.7. The molecule has 15 atom stereocenters. The number of rotatable bonds is 25. The molecule has 3 aliphatic heterocycles. The Hall–Kier alpha value is -13.6. The zero-order chi connectivity index (χ0) is 96.9.